The Labute approximate surface area is 69.0 Å². The highest BCUT2D eigenvalue weighted by atomic mass is 16.2. The minimum absolute atomic E-state index is 0. The van der Waals surface area contributed by atoms with Gasteiger partial charge in [-0.05, 0) is 6.42 Å². The van der Waals surface area contributed by atoms with E-state index in [-0.39, 0.29) is 11.0 Å². The Morgan fingerprint density at radius 1 is 0.818 bits per heavy atom. The molecule has 0 unspecified atom stereocenters. The van der Waals surface area contributed by atoms with E-state index in [0.717, 1.165) is 6.42 Å². The summed E-state index contributed by atoms with van der Waals surface area (Å²) in [4.78, 5) is 0. The summed E-state index contributed by atoms with van der Waals surface area (Å²) in [5.41, 5.74) is 0. The first kappa shape index (κ1) is 17.1. The fraction of sp³-hybridized carbons (Fsp3) is 1.00. The van der Waals surface area contributed by atoms with E-state index in [4.69, 9.17) is 5.11 Å². The van der Waals surface area contributed by atoms with Crippen molar-refractivity contribution in [3.63, 3.8) is 0 Å². The molecule has 11 heavy (non-hydrogen) atoms. The lowest BCUT2D eigenvalue weighted by Gasteiger charge is -1.95. The van der Waals surface area contributed by atoms with Crippen LogP contribution in [0, 0.1) is 0 Å². The van der Waals surface area contributed by atoms with Crippen molar-refractivity contribution in [2.45, 2.75) is 45.4 Å². The third-order valence-corrected chi connectivity index (χ3v) is 1.51. The summed E-state index contributed by atoms with van der Waals surface area (Å²) in [5.74, 6) is 0. The van der Waals surface area contributed by atoms with Crippen molar-refractivity contribution >= 4 is 0 Å². The van der Waals surface area contributed by atoms with Crippen LogP contribution in [0.1, 0.15) is 45.4 Å². The molecule has 0 aliphatic carbocycles. The number of aliphatic hydroxyl groups excluding tert-OH is 1. The molecular weight excluding hydrogens is 144 g/mol. The lowest BCUT2D eigenvalue weighted by molar-refractivity contribution is 0.282. The van der Waals surface area contributed by atoms with E-state index in [0.29, 0.717) is 6.61 Å². The number of hydrogen-bond acceptors (Lipinski definition) is 1. The summed E-state index contributed by atoms with van der Waals surface area (Å²) in [6, 6.07) is 0. The average Bonchev–Trinajstić information content (AvgIpc) is 1.89. The topological polar surface area (TPSA) is 83.2 Å². The molecule has 0 radical (unpaired) electrons. The number of hydrogen-bond donors (Lipinski definition) is 1. The van der Waals surface area contributed by atoms with E-state index in [1.165, 1.54) is 32.1 Å². The van der Waals surface area contributed by atoms with E-state index >= 15 is 0 Å². The van der Waals surface area contributed by atoms with Gasteiger partial charge in [0.1, 0.15) is 0 Å². The van der Waals surface area contributed by atoms with Crippen LogP contribution in [0.15, 0.2) is 0 Å². The average molecular weight is 166 g/mol. The minimum atomic E-state index is 0. The van der Waals surface area contributed by atoms with E-state index in [2.05, 4.69) is 6.92 Å². The maximum Gasteiger partial charge on any atom is 0.0431 e. The standard InChI is InChI=1S/C8H18O.2H2O/c1-2-3-4-5-6-7-8-9;;/h9H,2-8H2,1H3;2*1H2. The molecule has 0 amide bonds. The summed E-state index contributed by atoms with van der Waals surface area (Å²) in [7, 11) is 0. The molecule has 3 nitrogen and oxygen atoms in total. The van der Waals surface area contributed by atoms with E-state index in [1.54, 1.807) is 0 Å². The van der Waals surface area contributed by atoms with Gasteiger partial charge in [0.25, 0.3) is 0 Å². The zero-order chi connectivity index (χ0) is 6.95. The van der Waals surface area contributed by atoms with Crippen LogP contribution in [-0.4, -0.2) is 22.7 Å². The fourth-order valence-corrected chi connectivity index (χ4v) is 0.892. The van der Waals surface area contributed by atoms with Gasteiger partial charge in [-0.2, -0.15) is 0 Å². The fourth-order valence-electron chi connectivity index (χ4n) is 0.892. The van der Waals surface area contributed by atoms with Crippen LogP contribution in [0.25, 0.3) is 0 Å². The summed E-state index contributed by atoms with van der Waals surface area (Å²) in [5, 5.41) is 8.42. The highest BCUT2D eigenvalue weighted by Crippen LogP contribution is 2.03. The van der Waals surface area contributed by atoms with E-state index < -0.39 is 0 Å². The van der Waals surface area contributed by atoms with Crippen molar-refractivity contribution in [2.75, 3.05) is 6.61 Å². The number of aliphatic hydroxyl groups is 1. The second kappa shape index (κ2) is 16.5. The molecule has 0 heterocycles. The third kappa shape index (κ3) is 17.7. The lowest BCUT2D eigenvalue weighted by atomic mass is 10.1. The molecule has 0 aromatic carbocycles. The van der Waals surface area contributed by atoms with Crippen LogP contribution >= 0.6 is 0 Å². The quantitative estimate of drug-likeness (QED) is 0.578. The Balaban J connectivity index is -0.000000320. The van der Waals surface area contributed by atoms with Crippen LogP contribution in [-0.2, 0) is 0 Å². The molecule has 0 rings (SSSR count). The summed E-state index contributed by atoms with van der Waals surface area (Å²) in [6.07, 6.45) is 7.50. The second-order valence-corrected chi connectivity index (χ2v) is 2.49. The van der Waals surface area contributed by atoms with Gasteiger partial charge >= 0.3 is 0 Å². The van der Waals surface area contributed by atoms with Crippen LogP contribution in [0.5, 0.6) is 0 Å². The van der Waals surface area contributed by atoms with Crippen molar-refractivity contribution in [1.29, 1.82) is 0 Å². The van der Waals surface area contributed by atoms with Crippen LogP contribution < -0.4 is 0 Å². The van der Waals surface area contributed by atoms with Crippen molar-refractivity contribution < 1.29 is 16.1 Å². The Hall–Kier alpha value is -0.120. The van der Waals surface area contributed by atoms with Crippen molar-refractivity contribution in [1.82, 2.24) is 0 Å². The molecule has 0 aliphatic rings. The van der Waals surface area contributed by atoms with Gasteiger partial charge in [-0.25, -0.2) is 0 Å². The first-order chi connectivity index (χ1) is 4.41. The van der Waals surface area contributed by atoms with Crippen molar-refractivity contribution in [2.24, 2.45) is 0 Å². The lowest BCUT2D eigenvalue weighted by Crippen LogP contribution is -1.82. The highest BCUT2D eigenvalue weighted by molar-refractivity contribution is 4.41. The van der Waals surface area contributed by atoms with Crippen LogP contribution in [0.4, 0.5) is 0 Å². The third-order valence-electron chi connectivity index (χ3n) is 1.51. The molecule has 0 saturated carbocycles. The van der Waals surface area contributed by atoms with Gasteiger partial charge in [0.2, 0.25) is 0 Å². The van der Waals surface area contributed by atoms with Gasteiger partial charge in [-0.3, -0.25) is 0 Å². The summed E-state index contributed by atoms with van der Waals surface area (Å²) in [6.45, 7) is 2.58. The Kier molecular flexibility index (Phi) is 25.6. The Morgan fingerprint density at radius 3 is 1.73 bits per heavy atom. The molecule has 72 valence electrons. The van der Waals surface area contributed by atoms with Gasteiger partial charge < -0.3 is 16.1 Å². The van der Waals surface area contributed by atoms with Gasteiger partial charge in [-0.1, -0.05) is 39.0 Å². The first-order valence-corrected chi connectivity index (χ1v) is 4.02. The van der Waals surface area contributed by atoms with Crippen LogP contribution in [0.2, 0.25) is 0 Å². The van der Waals surface area contributed by atoms with Gasteiger partial charge in [0, 0.05) is 6.61 Å². The summed E-state index contributed by atoms with van der Waals surface area (Å²) >= 11 is 0. The number of rotatable bonds is 6. The normalized spacial score (nSPS) is 8.18. The van der Waals surface area contributed by atoms with E-state index in [1.807, 2.05) is 0 Å². The molecule has 0 aromatic heterocycles. The molecule has 0 aliphatic heterocycles. The molecule has 3 heteroatoms. The van der Waals surface area contributed by atoms with Crippen LogP contribution in [0.3, 0.4) is 0 Å². The monoisotopic (exact) mass is 166 g/mol. The zero-order valence-corrected chi connectivity index (χ0v) is 7.40. The minimum Gasteiger partial charge on any atom is -0.412 e. The molecule has 0 aromatic rings. The molecule has 5 N–H and O–H groups in total. The van der Waals surface area contributed by atoms with Gasteiger partial charge in [0.15, 0.2) is 0 Å². The molecular formula is C8H22O3. The van der Waals surface area contributed by atoms with Crippen molar-refractivity contribution in [3.8, 4) is 0 Å². The smallest absolute Gasteiger partial charge is 0.0431 e. The molecule has 0 bridgehead atoms. The van der Waals surface area contributed by atoms with Gasteiger partial charge in [-0.15, -0.1) is 0 Å². The largest absolute Gasteiger partial charge is 0.412 e. The Morgan fingerprint density at radius 2 is 1.27 bits per heavy atom. The van der Waals surface area contributed by atoms with E-state index in [9.17, 15) is 0 Å². The second-order valence-electron chi connectivity index (χ2n) is 2.49. The highest BCUT2D eigenvalue weighted by Gasteiger charge is 1.86. The predicted octanol–water partition coefficient (Wildman–Crippen LogP) is 0.690. The first-order valence-electron chi connectivity index (χ1n) is 4.02. The van der Waals surface area contributed by atoms with Crippen molar-refractivity contribution in [3.05, 3.63) is 0 Å². The van der Waals surface area contributed by atoms with Gasteiger partial charge in [0.05, 0.1) is 0 Å². The predicted molar refractivity (Wildman–Crippen MR) is 47.7 cm³/mol. The SMILES string of the molecule is CCCCCCCCO.O.O. The number of unbranched alkanes of at least 4 members (excludes halogenated alkanes) is 5. The molecule has 0 fully saturated rings. The molecule has 0 spiro atoms. The molecule has 0 saturated heterocycles. The zero-order valence-electron chi connectivity index (χ0n) is 7.40. The maximum absolute atomic E-state index is 8.42. The molecule has 0 atom stereocenters. The maximum atomic E-state index is 8.42. The Bertz CT molecular complexity index is 42.6. The summed E-state index contributed by atoms with van der Waals surface area (Å²) < 4.78 is 0.